The fourth-order valence-electron chi connectivity index (χ4n) is 4.15. The fraction of sp³-hybridized carbons (Fsp3) is 0.208. The van der Waals surface area contributed by atoms with Crippen LogP contribution in [0.4, 0.5) is 5.82 Å². The van der Waals surface area contributed by atoms with Crippen molar-refractivity contribution in [3.8, 4) is 5.69 Å². The lowest BCUT2D eigenvalue weighted by atomic mass is 10.1. The zero-order valence-electron chi connectivity index (χ0n) is 17.3. The third kappa shape index (κ3) is 3.59. The molecule has 0 unspecified atom stereocenters. The molecule has 1 amide bonds. The van der Waals surface area contributed by atoms with E-state index in [-0.39, 0.29) is 11.5 Å². The predicted molar refractivity (Wildman–Crippen MR) is 121 cm³/mol. The van der Waals surface area contributed by atoms with Gasteiger partial charge in [0, 0.05) is 54.8 Å². The van der Waals surface area contributed by atoms with Gasteiger partial charge in [0.15, 0.2) is 0 Å². The van der Waals surface area contributed by atoms with E-state index in [9.17, 15) is 9.59 Å². The van der Waals surface area contributed by atoms with Gasteiger partial charge in [-0.2, -0.15) is 5.10 Å². The number of pyridine rings is 1. The Kier molecular flexibility index (Phi) is 4.78. The Bertz CT molecular complexity index is 1300. The van der Waals surface area contributed by atoms with Crippen molar-refractivity contribution in [1.29, 1.82) is 0 Å². The highest BCUT2D eigenvalue weighted by Crippen LogP contribution is 2.24. The first kappa shape index (κ1) is 19.1. The minimum atomic E-state index is -0.170. The van der Waals surface area contributed by atoms with E-state index in [1.165, 1.54) is 6.07 Å². The molecule has 1 N–H and O–H groups in total. The number of nitrogens with one attached hydrogen (secondary N) is 1. The topological polar surface area (TPSA) is 74.2 Å². The number of para-hydroxylation sites is 1. The van der Waals surface area contributed by atoms with Crippen molar-refractivity contribution in [3.05, 3.63) is 88.3 Å². The first-order valence-electron chi connectivity index (χ1n) is 10.4. The van der Waals surface area contributed by atoms with Crippen molar-refractivity contribution < 1.29 is 4.79 Å². The number of amides is 1. The average molecular weight is 413 g/mol. The van der Waals surface area contributed by atoms with Gasteiger partial charge < -0.3 is 14.8 Å². The number of carbonyl (C=O) groups is 1. The molecule has 0 aliphatic carbocycles. The Labute approximate surface area is 179 Å². The summed E-state index contributed by atoms with van der Waals surface area (Å²) in [5, 5.41) is 5.44. The van der Waals surface area contributed by atoms with Gasteiger partial charge in [0.25, 0.3) is 5.91 Å². The number of aromatic amines is 1. The Morgan fingerprint density at radius 1 is 0.935 bits per heavy atom. The summed E-state index contributed by atoms with van der Waals surface area (Å²) in [4.78, 5) is 31.8. The van der Waals surface area contributed by atoms with E-state index in [1.807, 2.05) is 65.0 Å². The number of H-pyrrole nitrogens is 1. The summed E-state index contributed by atoms with van der Waals surface area (Å²) in [5.41, 5.74) is 3.11. The lowest BCUT2D eigenvalue weighted by Gasteiger charge is -2.36. The lowest BCUT2D eigenvalue weighted by Crippen LogP contribution is -2.49. The summed E-state index contributed by atoms with van der Waals surface area (Å²) < 4.78 is 1.97. The minimum absolute atomic E-state index is 0.00922. The summed E-state index contributed by atoms with van der Waals surface area (Å²) in [7, 11) is 0. The molecule has 4 aromatic rings. The first-order chi connectivity index (χ1) is 15.1. The number of hydrogen-bond acceptors (Lipinski definition) is 4. The van der Waals surface area contributed by atoms with Gasteiger partial charge in [-0.1, -0.05) is 24.3 Å². The molecule has 2 aromatic heterocycles. The maximum atomic E-state index is 13.2. The minimum Gasteiger partial charge on any atom is -0.353 e. The van der Waals surface area contributed by atoms with Gasteiger partial charge in [0.1, 0.15) is 5.82 Å². The first-order valence-corrected chi connectivity index (χ1v) is 10.4. The molecule has 2 aromatic carbocycles. The number of aromatic nitrogens is 3. The zero-order chi connectivity index (χ0) is 21.4. The molecule has 0 atom stereocenters. The van der Waals surface area contributed by atoms with Crippen LogP contribution in [0.15, 0.2) is 71.5 Å². The van der Waals surface area contributed by atoms with Crippen LogP contribution in [-0.2, 0) is 0 Å². The number of piperazine rings is 1. The largest absolute Gasteiger partial charge is 0.353 e. The number of fused-ring (bicyclic) bond motifs is 1. The summed E-state index contributed by atoms with van der Waals surface area (Å²) >= 11 is 0. The van der Waals surface area contributed by atoms with Crippen molar-refractivity contribution in [2.75, 3.05) is 31.1 Å². The Hall–Kier alpha value is -3.87. The molecule has 1 saturated heterocycles. The normalized spacial score (nSPS) is 14.2. The lowest BCUT2D eigenvalue weighted by molar-refractivity contribution is 0.0748. The van der Waals surface area contributed by atoms with Gasteiger partial charge in [-0.3, -0.25) is 9.59 Å². The van der Waals surface area contributed by atoms with Crippen LogP contribution in [0.5, 0.6) is 0 Å². The number of rotatable bonds is 3. The van der Waals surface area contributed by atoms with Crippen LogP contribution in [0.25, 0.3) is 16.6 Å². The van der Waals surface area contributed by atoms with E-state index in [2.05, 4.69) is 21.0 Å². The number of nitrogens with zero attached hydrogens (tertiary/aromatic N) is 4. The molecular weight excluding hydrogens is 390 g/mol. The van der Waals surface area contributed by atoms with Gasteiger partial charge in [0.2, 0.25) is 5.56 Å². The SMILES string of the molecule is Cc1cc(N2CCN(C(=O)c3cccc4[nH]c(=O)ccc34)CC2)n(-c2ccccc2)n1. The Balaban J connectivity index is 1.36. The molecule has 0 radical (unpaired) electrons. The Morgan fingerprint density at radius 2 is 1.71 bits per heavy atom. The van der Waals surface area contributed by atoms with Crippen molar-refractivity contribution in [2.45, 2.75) is 6.92 Å². The van der Waals surface area contributed by atoms with Gasteiger partial charge >= 0.3 is 0 Å². The summed E-state index contributed by atoms with van der Waals surface area (Å²) in [5.74, 6) is 1.03. The van der Waals surface area contributed by atoms with Crippen LogP contribution >= 0.6 is 0 Å². The number of benzene rings is 2. The second-order valence-electron chi connectivity index (χ2n) is 7.76. The summed E-state index contributed by atoms with van der Waals surface area (Å²) in [6.07, 6.45) is 0. The molecule has 0 spiro atoms. The quantitative estimate of drug-likeness (QED) is 0.560. The summed E-state index contributed by atoms with van der Waals surface area (Å²) in [6.45, 7) is 4.69. The van der Waals surface area contributed by atoms with Crippen molar-refractivity contribution >= 4 is 22.6 Å². The summed E-state index contributed by atoms with van der Waals surface area (Å²) in [6, 6.07) is 20.8. The van der Waals surface area contributed by atoms with E-state index in [1.54, 1.807) is 6.07 Å². The number of aryl methyl sites for hydroxylation is 1. The van der Waals surface area contributed by atoms with E-state index < -0.39 is 0 Å². The number of hydrogen-bond donors (Lipinski definition) is 1. The molecule has 1 aliphatic rings. The molecule has 0 bridgehead atoms. The molecule has 1 fully saturated rings. The molecule has 7 nitrogen and oxygen atoms in total. The van der Waals surface area contributed by atoms with Crippen LogP contribution in [-0.4, -0.2) is 51.8 Å². The van der Waals surface area contributed by atoms with E-state index in [4.69, 9.17) is 0 Å². The zero-order valence-corrected chi connectivity index (χ0v) is 17.3. The van der Waals surface area contributed by atoms with Gasteiger partial charge in [0.05, 0.1) is 11.4 Å². The molecule has 156 valence electrons. The number of carbonyl (C=O) groups excluding carboxylic acids is 1. The second kappa shape index (κ2) is 7.75. The van der Waals surface area contributed by atoms with Gasteiger partial charge in [-0.15, -0.1) is 0 Å². The van der Waals surface area contributed by atoms with Crippen LogP contribution in [0.1, 0.15) is 16.1 Å². The van der Waals surface area contributed by atoms with Crippen molar-refractivity contribution in [3.63, 3.8) is 0 Å². The Morgan fingerprint density at radius 3 is 2.48 bits per heavy atom. The molecule has 31 heavy (non-hydrogen) atoms. The third-order valence-corrected chi connectivity index (χ3v) is 5.70. The molecule has 7 heteroatoms. The van der Waals surface area contributed by atoms with Crippen LogP contribution < -0.4 is 10.5 Å². The standard InChI is InChI=1S/C24H23N5O2/c1-17-16-23(29(26-17)18-6-3-2-4-7-18)27-12-14-28(15-13-27)24(31)20-8-5-9-21-19(20)10-11-22(30)25-21/h2-11,16H,12-15H2,1H3,(H,25,30). The highest BCUT2D eigenvalue weighted by molar-refractivity contribution is 6.06. The fourth-order valence-corrected chi connectivity index (χ4v) is 4.15. The average Bonchev–Trinajstić information content (AvgIpc) is 3.20. The molecule has 0 saturated carbocycles. The molecular formula is C24H23N5O2. The van der Waals surface area contributed by atoms with Gasteiger partial charge in [-0.05, 0) is 37.3 Å². The van der Waals surface area contributed by atoms with Crippen molar-refractivity contribution in [2.24, 2.45) is 0 Å². The highest BCUT2D eigenvalue weighted by Gasteiger charge is 2.25. The van der Waals surface area contributed by atoms with E-state index in [0.717, 1.165) is 35.7 Å². The van der Waals surface area contributed by atoms with Crippen molar-refractivity contribution in [1.82, 2.24) is 19.7 Å². The monoisotopic (exact) mass is 413 g/mol. The van der Waals surface area contributed by atoms with E-state index >= 15 is 0 Å². The van der Waals surface area contributed by atoms with Crippen LogP contribution in [0.2, 0.25) is 0 Å². The smallest absolute Gasteiger partial charge is 0.254 e. The predicted octanol–water partition coefficient (Wildman–Crippen LogP) is 2.98. The molecule has 1 aliphatic heterocycles. The molecule has 5 rings (SSSR count). The third-order valence-electron chi connectivity index (χ3n) is 5.70. The highest BCUT2D eigenvalue weighted by atomic mass is 16.2. The maximum Gasteiger partial charge on any atom is 0.254 e. The second-order valence-corrected chi connectivity index (χ2v) is 7.76. The number of anilines is 1. The van der Waals surface area contributed by atoms with E-state index in [0.29, 0.717) is 24.2 Å². The van der Waals surface area contributed by atoms with Crippen LogP contribution in [0.3, 0.4) is 0 Å². The molecule has 3 heterocycles. The van der Waals surface area contributed by atoms with Crippen LogP contribution in [0, 0.1) is 6.92 Å². The maximum absolute atomic E-state index is 13.2. The van der Waals surface area contributed by atoms with Gasteiger partial charge in [-0.25, -0.2) is 4.68 Å².